The first-order valence-electron chi connectivity index (χ1n) is 11.7. The number of nitrogens with zero attached hydrogens (tertiary/aromatic N) is 5. The third-order valence-corrected chi connectivity index (χ3v) is 6.94. The molecule has 2 amide bonds. The number of piperazine rings is 1. The monoisotopic (exact) mass is 509 g/mol. The summed E-state index contributed by atoms with van der Waals surface area (Å²) in [5.41, 5.74) is 2.23. The fourth-order valence-corrected chi connectivity index (χ4v) is 4.75. The molecule has 9 heteroatoms. The van der Waals surface area contributed by atoms with Crippen LogP contribution in [0.25, 0.3) is 11.3 Å². The van der Waals surface area contributed by atoms with Crippen LogP contribution in [0.1, 0.15) is 23.2 Å². The van der Waals surface area contributed by atoms with Crippen LogP contribution in [0.3, 0.4) is 0 Å². The second-order valence-corrected chi connectivity index (χ2v) is 9.64. The van der Waals surface area contributed by atoms with Crippen LogP contribution in [0, 0.1) is 0 Å². The van der Waals surface area contributed by atoms with E-state index < -0.39 is 0 Å². The Hall–Kier alpha value is -3.16. The second kappa shape index (κ2) is 10.2. The molecule has 3 aromatic rings. The first-order chi connectivity index (χ1) is 17.0. The van der Waals surface area contributed by atoms with Gasteiger partial charge in [0.1, 0.15) is 6.54 Å². The van der Waals surface area contributed by atoms with E-state index in [1.54, 1.807) is 23.1 Å². The van der Waals surface area contributed by atoms with Crippen molar-refractivity contribution < 1.29 is 9.59 Å². The number of carbonyl (C=O) groups is 2. The molecule has 2 fully saturated rings. The standard InChI is InChI=1S/C26H25Cl2N5O2/c27-19-6-9-21(22(28)16-19)26(35)33(20-7-8-20)17-25(34)32-14-12-31(13-15-32)24-11-10-23(29-30-24)18-4-2-1-3-5-18/h1-6,9-11,16,20H,7-8,12-15,17H2. The topological polar surface area (TPSA) is 69.6 Å². The van der Waals surface area contributed by atoms with Crippen LogP contribution in [0.15, 0.2) is 60.7 Å². The summed E-state index contributed by atoms with van der Waals surface area (Å²) < 4.78 is 0. The Morgan fingerprint density at radius 3 is 2.29 bits per heavy atom. The molecule has 180 valence electrons. The number of anilines is 1. The van der Waals surface area contributed by atoms with Gasteiger partial charge in [-0.1, -0.05) is 53.5 Å². The van der Waals surface area contributed by atoms with Gasteiger partial charge in [0.2, 0.25) is 5.91 Å². The Morgan fingerprint density at radius 2 is 1.66 bits per heavy atom. The molecule has 1 aromatic heterocycles. The molecule has 2 aliphatic rings. The molecular weight excluding hydrogens is 485 g/mol. The normalized spacial score (nSPS) is 15.7. The molecule has 5 rings (SSSR count). The van der Waals surface area contributed by atoms with Gasteiger partial charge >= 0.3 is 0 Å². The van der Waals surface area contributed by atoms with Crippen LogP contribution in [-0.4, -0.2) is 70.6 Å². The zero-order chi connectivity index (χ0) is 24.4. The van der Waals surface area contributed by atoms with Crippen LogP contribution >= 0.6 is 23.2 Å². The first-order valence-corrected chi connectivity index (χ1v) is 12.4. The van der Waals surface area contributed by atoms with Crippen LogP contribution < -0.4 is 4.90 Å². The van der Waals surface area contributed by atoms with Gasteiger partial charge in [0.05, 0.1) is 16.3 Å². The fourth-order valence-electron chi connectivity index (χ4n) is 4.26. The molecule has 1 saturated heterocycles. The minimum atomic E-state index is -0.227. The summed E-state index contributed by atoms with van der Waals surface area (Å²) in [6, 6.07) is 18.8. The highest BCUT2D eigenvalue weighted by Crippen LogP contribution is 2.31. The highest BCUT2D eigenvalue weighted by atomic mass is 35.5. The van der Waals surface area contributed by atoms with Gasteiger partial charge < -0.3 is 14.7 Å². The molecule has 7 nitrogen and oxygen atoms in total. The molecule has 0 spiro atoms. The largest absolute Gasteiger partial charge is 0.352 e. The average molecular weight is 510 g/mol. The van der Waals surface area contributed by atoms with Crippen LogP contribution in [0.2, 0.25) is 10.0 Å². The van der Waals surface area contributed by atoms with E-state index in [0.717, 1.165) is 29.9 Å². The lowest BCUT2D eigenvalue weighted by Gasteiger charge is -2.36. The Balaban J connectivity index is 1.19. The number of benzene rings is 2. The highest BCUT2D eigenvalue weighted by molar-refractivity contribution is 6.36. The fraction of sp³-hybridized carbons (Fsp3) is 0.308. The van der Waals surface area contributed by atoms with Crippen molar-refractivity contribution in [2.45, 2.75) is 18.9 Å². The lowest BCUT2D eigenvalue weighted by atomic mass is 10.1. The number of halogens is 2. The van der Waals surface area contributed by atoms with Crippen molar-refractivity contribution in [2.24, 2.45) is 0 Å². The van der Waals surface area contributed by atoms with Crippen molar-refractivity contribution in [3.8, 4) is 11.3 Å². The van der Waals surface area contributed by atoms with Gasteiger partial charge in [0.25, 0.3) is 5.91 Å². The smallest absolute Gasteiger partial charge is 0.256 e. The quantitative estimate of drug-likeness (QED) is 0.492. The summed E-state index contributed by atoms with van der Waals surface area (Å²) in [7, 11) is 0. The van der Waals surface area contributed by atoms with E-state index in [9.17, 15) is 9.59 Å². The van der Waals surface area contributed by atoms with Crippen LogP contribution in [0.4, 0.5) is 5.82 Å². The molecule has 0 radical (unpaired) electrons. The van der Waals surface area contributed by atoms with E-state index in [4.69, 9.17) is 23.2 Å². The summed E-state index contributed by atoms with van der Waals surface area (Å²) in [6.45, 7) is 2.50. The molecule has 0 unspecified atom stereocenters. The minimum Gasteiger partial charge on any atom is -0.352 e. The predicted octanol–water partition coefficient (Wildman–Crippen LogP) is 4.40. The maximum absolute atomic E-state index is 13.1. The molecule has 1 aliphatic carbocycles. The van der Waals surface area contributed by atoms with E-state index in [1.165, 1.54) is 0 Å². The molecule has 0 bridgehead atoms. The summed E-state index contributed by atoms with van der Waals surface area (Å²) in [5, 5.41) is 9.54. The Kier molecular flexibility index (Phi) is 6.88. The number of aromatic nitrogens is 2. The molecular formula is C26H25Cl2N5O2. The molecule has 1 aliphatic heterocycles. The summed E-state index contributed by atoms with van der Waals surface area (Å²) in [4.78, 5) is 31.8. The summed E-state index contributed by atoms with van der Waals surface area (Å²) in [6.07, 6.45) is 1.80. The van der Waals surface area contributed by atoms with E-state index in [2.05, 4.69) is 15.1 Å². The summed E-state index contributed by atoms with van der Waals surface area (Å²) >= 11 is 12.2. The molecule has 35 heavy (non-hydrogen) atoms. The number of rotatable bonds is 6. The first kappa shape index (κ1) is 23.6. The maximum Gasteiger partial charge on any atom is 0.256 e. The number of carbonyl (C=O) groups excluding carboxylic acids is 2. The van der Waals surface area contributed by atoms with Crippen LogP contribution in [0.5, 0.6) is 0 Å². The SMILES string of the molecule is O=C(CN(C(=O)c1ccc(Cl)cc1Cl)C1CC1)N1CCN(c2ccc(-c3ccccc3)nn2)CC1. The van der Waals surface area contributed by atoms with Gasteiger partial charge in [-0.15, -0.1) is 10.2 Å². The summed E-state index contributed by atoms with van der Waals surface area (Å²) in [5.74, 6) is 0.513. The molecule has 1 saturated carbocycles. The van der Waals surface area contributed by atoms with Gasteiger partial charge in [-0.2, -0.15) is 0 Å². The third kappa shape index (κ3) is 5.41. The van der Waals surface area contributed by atoms with Gasteiger partial charge in [-0.3, -0.25) is 9.59 Å². The Labute approximate surface area is 214 Å². The zero-order valence-corrected chi connectivity index (χ0v) is 20.6. The van der Waals surface area contributed by atoms with Crippen molar-refractivity contribution >= 4 is 40.8 Å². The minimum absolute atomic E-state index is 0.0496. The second-order valence-electron chi connectivity index (χ2n) is 8.80. The van der Waals surface area contributed by atoms with Crippen molar-refractivity contribution in [2.75, 3.05) is 37.6 Å². The van der Waals surface area contributed by atoms with Gasteiger partial charge in [-0.05, 0) is 43.2 Å². The number of hydrogen-bond acceptors (Lipinski definition) is 5. The van der Waals surface area contributed by atoms with Crippen molar-refractivity contribution in [3.05, 3.63) is 76.3 Å². The van der Waals surface area contributed by atoms with E-state index >= 15 is 0 Å². The Bertz CT molecular complexity index is 1210. The number of hydrogen-bond donors (Lipinski definition) is 0. The molecule has 2 heterocycles. The van der Waals surface area contributed by atoms with Gasteiger partial charge in [-0.25, -0.2) is 0 Å². The highest BCUT2D eigenvalue weighted by Gasteiger charge is 2.36. The van der Waals surface area contributed by atoms with E-state index in [1.807, 2.05) is 47.4 Å². The zero-order valence-electron chi connectivity index (χ0n) is 19.1. The maximum atomic E-state index is 13.1. The van der Waals surface area contributed by atoms with Gasteiger partial charge in [0.15, 0.2) is 5.82 Å². The lowest BCUT2D eigenvalue weighted by Crippen LogP contribution is -2.52. The molecule has 2 aromatic carbocycles. The van der Waals surface area contributed by atoms with E-state index in [0.29, 0.717) is 41.8 Å². The van der Waals surface area contributed by atoms with Gasteiger partial charge in [0, 0.05) is 42.8 Å². The average Bonchev–Trinajstić information content (AvgIpc) is 3.73. The molecule has 0 atom stereocenters. The predicted molar refractivity (Wildman–Crippen MR) is 137 cm³/mol. The van der Waals surface area contributed by atoms with E-state index in [-0.39, 0.29) is 24.4 Å². The van der Waals surface area contributed by atoms with Crippen molar-refractivity contribution in [1.82, 2.24) is 20.0 Å². The molecule has 0 N–H and O–H groups in total. The Morgan fingerprint density at radius 1 is 0.914 bits per heavy atom. The third-order valence-electron chi connectivity index (χ3n) is 6.39. The van der Waals surface area contributed by atoms with Crippen LogP contribution in [-0.2, 0) is 4.79 Å². The van der Waals surface area contributed by atoms with Crippen molar-refractivity contribution in [1.29, 1.82) is 0 Å². The number of amides is 2. The van der Waals surface area contributed by atoms with Crippen molar-refractivity contribution in [3.63, 3.8) is 0 Å². The lowest BCUT2D eigenvalue weighted by molar-refractivity contribution is -0.132.